The average Bonchev–Trinajstić information content (AvgIpc) is 3.68. The summed E-state index contributed by atoms with van der Waals surface area (Å²) < 4.78 is 68.3. The van der Waals surface area contributed by atoms with Crippen LogP contribution in [-0.2, 0) is 22.6 Å². The van der Waals surface area contributed by atoms with E-state index in [2.05, 4.69) is 10.3 Å². The lowest BCUT2D eigenvalue weighted by atomic mass is 9.92. The van der Waals surface area contributed by atoms with E-state index in [-0.39, 0.29) is 28.5 Å². The second kappa shape index (κ2) is 12.8. The van der Waals surface area contributed by atoms with Crippen molar-refractivity contribution in [3.8, 4) is 11.5 Å². The predicted octanol–water partition coefficient (Wildman–Crippen LogP) is 7.08. The lowest BCUT2D eigenvalue weighted by Gasteiger charge is -2.19. The van der Waals surface area contributed by atoms with Crippen LogP contribution in [0.2, 0.25) is 0 Å². The van der Waals surface area contributed by atoms with E-state index in [1.165, 1.54) is 29.6 Å². The molecule has 0 bridgehead atoms. The fourth-order valence-electron chi connectivity index (χ4n) is 4.50. The standard InChI is InChI=1S/C31H27F3N4O5S2/c32-31(33,34)21-8-10-22(11-9-21)43-23-3-1-2-20(16-23)28(35)25(14-18-6-12-24(13-7-18)45(36,41)42)26(15-19-4-5-19)37-30-38-27(17-44-30)29(39)40/h1-3,6-13,16-17,19,35H,4-5,14-15H2,(H,37,38)(H,39,40)(H2,36,41,42)/b26-25-,35-28?. The van der Waals surface area contributed by atoms with Crippen LogP contribution < -0.4 is 15.2 Å². The molecular formula is C31H27F3N4O5S2. The third-order valence-electron chi connectivity index (χ3n) is 7.01. The van der Waals surface area contributed by atoms with Crippen LogP contribution in [0.4, 0.5) is 18.3 Å². The van der Waals surface area contributed by atoms with Crippen LogP contribution in [0.1, 0.15) is 46.4 Å². The van der Waals surface area contributed by atoms with Gasteiger partial charge in [-0.1, -0.05) is 24.3 Å². The van der Waals surface area contributed by atoms with Crippen LogP contribution in [0.25, 0.3) is 0 Å². The summed E-state index contributed by atoms with van der Waals surface area (Å²) in [4.78, 5) is 15.5. The number of carboxylic acid groups (broad SMARTS) is 1. The van der Waals surface area contributed by atoms with Crippen LogP contribution in [0.3, 0.4) is 0 Å². The van der Waals surface area contributed by atoms with E-state index in [9.17, 15) is 36.9 Å². The van der Waals surface area contributed by atoms with Gasteiger partial charge in [-0.05, 0) is 79.3 Å². The summed E-state index contributed by atoms with van der Waals surface area (Å²) in [7, 11) is -3.91. The second-order valence-electron chi connectivity index (χ2n) is 10.5. The topological polar surface area (TPSA) is 155 Å². The van der Waals surface area contributed by atoms with Gasteiger partial charge in [0.05, 0.1) is 16.2 Å². The van der Waals surface area contributed by atoms with E-state index in [4.69, 9.17) is 9.88 Å². The van der Waals surface area contributed by atoms with Crippen LogP contribution in [-0.4, -0.2) is 30.2 Å². The van der Waals surface area contributed by atoms with Crippen molar-refractivity contribution in [2.45, 2.75) is 36.8 Å². The molecule has 0 saturated heterocycles. The monoisotopic (exact) mass is 656 g/mol. The summed E-state index contributed by atoms with van der Waals surface area (Å²) in [5, 5.41) is 28.9. The first-order valence-corrected chi connectivity index (χ1v) is 16.0. The summed E-state index contributed by atoms with van der Waals surface area (Å²) in [6.45, 7) is 0. The molecule has 4 aromatic rings. The molecule has 0 radical (unpaired) electrons. The van der Waals surface area contributed by atoms with Crippen LogP contribution >= 0.6 is 11.3 Å². The Morgan fingerprint density at radius 2 is 1.76 bits per heavy atom. The number of benzene rings is 3. The molecule has 9 nitrogen and oxygen atoms in total. The summed E-state index contributed by atoms with van der Waals surface area (Å²) in [5.74, 6) is -0.323. The fourth-order valence-corrected chi connectivity index (χ4v) is 5.73. The summed E-state index contributed by atoms with van der Waals surface area (Å²) in [6, 6.07) is 16.9. The molecule has 234 valence electrons. The van der Waals surface area contributed by atoms with Gasteiger partial charge in [0.1, 0.15) is 11.5 Å². The number of nitrogens with two attached hydrogens (primary N) is 1. The largest absolute Gasteiger partial charge is 0.476 e. The number of allylic oxidation sites excluding steroid dienone is 2. The number of ether oxygens (including phenoxy) is 1. The summed E-state index contributed by atoms with van der Waals surface area (Å²) in [5.41, 5.74) is 1.57. The molecule has 5 rings (SSSR count). The molecule has 0 atom stereocenters. The van der Waals surface area contributed by atoms with Gasteiger partial charge in [-0.15, -0.1) is 11.3 Å². The van der Waals surface area contributed by atoms with E-state index in [0.29, 0.717) is 45.6 Å². The number of halogens is 3. The van der Waals surface area contributed by atoms with Gasteiger partial charge in [0.25, 0.3) is 0 Å². The first-order valence-electron chi connectivity index (χ1n) is 13.6. The molecule has 1 aliphatic rings. The van der Waals surface area contributed by atoms with Crippen molar-refractivity contribution in [2.24, 2.45) is 11.1 Å². The van der Waals surface area contributed by atoms with Crippen molar-refractivity contribution < 1.29 is 36.2 Å². The Bertz CT molecular complexity index is 1870. The van der Waals surface area contributed by atoms with Gasteiger partial charge in [-0.3, -0.25) is 5.41 Å². The molecule has 1 saturated carbocycles. The molecule has 3 aromatic carbocycles. The molecule has 0 amide bonds. The Labute approximate surface area is 260 Å². The number of alkyl halides is 3. The number of hydrogen-bond donors (Lipinski definition) is 4. The maximum atomic E-state index is 13.0. The van der Waals surface area contributed by atoms with Gasteiger partial charge in [-0.25, -0.2) is 23.3 Å². The zero-order chi connectivity index (χ0) is 32.4. The number of aromatic carboxylic acids is 1. The quantitative estimate of drug-likeness (QED) is 0.119. The van der Waals surface area contributed by atoms with Crippen molar-refractivity contribution in [3.05, 3.63) is 112 Å². The molecule has 45 heavy (non-hydrogen) atoms. The number of aromatic nitrogens is 1. The number of nitrogens with one attached hydrogen (secondary N) is 2. The third-order valence-corrected chi connectivity index (χ3v) is 8.70. The summed E-state index contributed by atoms with van der Waals surface area (Å²) >= 11 is 1.12. The number of anilines is 1. The Balaban J connectivity index is 1.50. The number of hydrogen-bond acceptors (Lipinski definition) is 8. The zero-order valence-electron chi connectivity index (χ0n) is 23.5. The van der Waals surface area contributed by atoms with Gasteiger partial charge in [0.2, 0.25) is 10.0 Å². The van der Waals surface area contributed by atoms with Crippen LogP contribution in [0.15, 0.2) is 94.3 Å². The number of thiazole rings is 1. The van der Waals surface area contributed by atoms with E-state index in [1.54, 1.807) is 36.4 Å². The predicted molar refractivity (Wildman–Crippen MR) is 163 cm³/mol. The molecule has 1 fully saturated rings. The number of carbonyl (C=O) groups is 1. The fraction of sp³-hybridized carbons (Fsp3) is 0.194. The van der Waals surface area contributed by atoms with E-state index in [0.717, 1.165) is 36.3 Å². The number of rotatable bonds is 12. The lowest BCUT2D eigenvalue weighted by molar-refractivity contribution is -0.137. The van der Waals surface area contributed by atoms with Crippen molar-refractivity contribution in [1.29, 1.82) is 5.41 Å². The molecule has 5 N–H and O–H groups in total. The first kappa shape index (κ1) is 31.9. The van der Waals surface area contributed by atoms with Crippen LogP contribution in [0.5, 0.6) is 11.5 Å². The molecule has 1 aromatic heterocycles. The third kappa shape index (κ3) is 8.35. The van der Waals surface area contributed by atoms with Crippen molar-refractivity contribution in [1.82, 2.24) is 4.98 Å². The smallest absolute Gasteiger partial charge is 0.416 e. The van der Waals surface area contributed by atoms with Gasteiger partial charge in [0.15, 0.2) is 10.8 Å². The second-order valence-corrected chi connectivity index (χ2v) is 12.9. The number of carboxylic acids is 1. The van der Waals surface area contributed by atoms with Crippen molar-refractivity contribution in [2.75, 3.05) is 5.32 Å². The van der Waals surface area contributed by atoms with E-state index < -0.39 is 27.7 Å². The van der Waals surface area contributed by atoms with E-state index in [1.807, 2.05) is 0 Å². The molecular weight excluding hydrogens is 629 g/mol. The molecule has 1 aliphatic carbocycles. The zero-order valence-corrected chi connectivity index (χ0v) is 25.1. The molecule has 1 heterocycles. The van der Waals surface area contributed by atoms with Crippen LogP contribution in [0, 0.1) is 11.3 Å². The highest BCUT2D eigenvalue weighted by Crippen LogP contribution is 2.38. The highest BCUT2D eigenvalue weighted by Gasteiger charge is 2.30. The normalized spacial score (nSPS) is 14.0. The SMILES string of the molecule is N=C(/C(Cc1ccc(S(N)(=O)=O)cc1)=C(/CC1CC1)Nc1nc(C(=O)O)cs1)c1cccc(Oc2ccc(C(F)(F)F)cc2)c1. The maximum Gasteiger partial charge on any atom is 0.416 e. The molecule has 0 unspecified atom stereocenters. The van der Waals surface area contributed by atoms with Crippen molar-refractivity contribution >= 4 is 38.2 Å². The van der Waals surface area contributed by atoms with Gasteiger partial charge < -0.3 is 15.2 Å². The van der Waals surface area contributed by atoms with Crippen molar-refractivity contribution in [3.63, 3.8) is 0 Å². The van der Waals surface area contributed by atoms with Gasteiger partial charge >= 0.3 is 12.1 Å². The number of nitrogens with zero attached hydrogens (tertiary/aromatic N) is 1. The molecule has 14 heteroatoms. The minimum absolute atomic E-state index is 0.0553. The number of sulfonamides is 1. The van der Waals surface area contributed by atoms with Gasteiger partial charge in [-0.2, -0.15) is 13.2 Å². The highest BCUT2D eigenvalue weighted by molar-refractivity contribution is 7.89. The minimum atomic E-state index is -4.48. The van der Waals surface area contributed by atoms with E-state index >= 15 is 0 Å². The molecule has 0 spiro atoms. The Kier molecular flexibility index (Phi) is 9.09. The van der Waals surface area contributed by atoms with Gasteiger partial charge in [0, 0.05) is 28.6 Å². The number of primary sulfonamides is 1. The Morgan fingerprint density at radius 1 is 1.07 bits per heavy atom. The lowest BCUT2D eigenvalue weighted by Crippen LogP contribution is -2.15. The average molecular weight is 657 g/mol. The molecule has 0 aliphatic heterocycles. The Morgan fingerprint density at radius 3 is 2.33 bits per heavy atom. The summed E-state index contributed by atoms with van der Waals surface area (Å²) in [6.07, 6.45) is -1.72. The Hall–Kier alpha value is -4.53. The maximum absolute atomic E-state index is 13.0. The highest BCUT2D eigenvalue weighted by atomic mass is 32.2. The first-order chi connectivity index (χ1) is 21.3. The minimum Gasteiger partial charge on any atom is -0.476 e.